The van der Waals surface area contributed by atoms with E-state index in [4.69, 9.17) is 16.3 Å². The fourth-order valence-electron chi connectivity index (χ4n) is 2.95. The number of hydrogen-bond donors (Lipinski definition) is 3. The van der Waals surface area contributed by atoms with Crippen LogP contribution in [-0.4, -0.2) is 25.5 Å². The average molecular weight is 404 g/mol. The highest BCUT2D eigenvalue weighted by molar-refractivity contribution is 6.32. The number of benzene rings is 2. The minimum Gasteiger partial charge on any atom is -0.495 e. The van der Waals surface area contributed by atoms with Crippen molar-refractivity contribution in [2.24, 2.45) is 0 Å². The van der Waals surface area contributed by atoms with E-state index < -0.39 is 0 Å². The molecule has 0 aliphatic heterocycles. The zero-order chi connectivity index (χ0) is 20.7. The molecular weight excluding hydrogens is 378 g/mol. The highest BCUT2D eigenvalue weighted by Crippen LogP contribution is 2.30. The van der Waals surface area contributed by atoms with E-state index in [1.165, 1.54) is 6.92 Å². The van der Waals surface area contributed by atoms with Gasteiger partial charge in [-0.1, -0.05) is 31.5 Å². The van der Waals surface area contributed by atoms with Crippen molar-refractivity contribution in [3.63, 3.8) is 0 Å². The molecule has 0 heterocycles. The number of halogens is 1. The van der Waals surface area contributed by atoms with Crippen LogP contribution in [-0.2, 0) is 22.4 Å². The van der Waals surface area contributed by atoms with E-state index >= 15 is 0 Å². The van der Waals surface area contributed by atoms with Gasteiger partial charge in [0.15, 0.2) is 0 Å². The zero-order valence-corrected chi connectivity index (χ0v) is 17.4. The first-order valence-corrected chi connectivity index (χ1v) is 9.56. The van der Waals surface area contributed by atoms with E-state index in [1.807, 2.05) is 26.0 Å². The van der Waals surface area contributed by atoms with Crippen molar-refractivity contribution in [3.05, 3.63) is 46.5 Å². The van der Waals surface area contributed by atoms with Crippen molar-refractivity contribution in [3.8, 4) is 5.75 Å². The van der Waals surface area contributed by atoms with E-state index in [0.717, 1.165) is 29.7 Å². The van der Waals surface area contributed by atoms with Gasteiger partial charge in [0.2, 0.25) is 11.8 Å². The molecule has 3 N–H and O–H groups in total. The lowest BCUT2D eigenvalue weighted by atomic mass is 10.0. The van der Waals surface area contributed by atoms with Crippen LogP contribution in [0.1, 0.15) is 31.9 Å². The molecule has 0 fully saturated rings. The Kier molecular flexibility index (Phi) is 7.70. The maximum absolute atomic E-state index is 12.6. The number of carbonyl (C=O) groups excluding carboxylic acids is 2. The minimum absolute atomic E-state index is 0.0404. The fourth-order valence-corrected chi connectivity index (χ4v) is 3.24. The van der Waals surface area contributed by atoms with Crippen molar-refractivity contribution < 1.29 is 14.3 Å². The summed E-state index contributed by atoms with van der Waals surface area (Å²) in [5.74, 6) is 0.209. The van der Waals surface area contributed by atoms with E-state index in [9.17, 15) is 9.59 Å². The van der Waals surface area contributed by atoms with Crippen LogP contribution in [0.4, 0.5) is 17.1 Å². The molecule has 0 saturated carbocycles. The molecule has 0 unspecified atom stereocenters. The molecule has 0 aliphatic rings. The Labute approximate surface area is 170 Å². The molecule has 28 heavy (non-hydrogen) atoms. The molecule has 0 aromatic heterocycles. The second-order valence-corrected chi connectivity index (χ2v) is 6.67. The molecule has 2 amide bonds. The number of hydrogen-bond acceptors (Lipinski definition) is 4. The molecule has 2 aromatic carbocycles. The fraction of sp³-hybridized carbons (Fsp3) is 0.333. The molecule has 0 saturated heterocycles. The standard InChI is InChI=1S/C21H26ClN3O3/c1-5-14-7-9-17(22)16(6-2)21(14)25-20(27)12-23-18-11-15(24-13(3)26)8-10-19(18)28-4/h7-11,23H,5-6,12H2,1-4H3,(H,24,26)(H,25,27). The van der Waals surface area contributed by atoms with E-state index in [1.54, 1.807) is 25.3 Å². The van der Waals surface area contributed by atoms with Gasteiger partial charge < -0.3 is 20.7 Å². The predicted octanol–water partition coefficient (Wildman–Crippen LogP) is 4.48. The second-order valence-electron chi connectivity index (χ2n) is 6.27. The number of carbonyl (C=O) groups is 2. The number of anilines is 3. The molecular formula is C21H26ClN3O3. The molecule has 0 spiro atoms. The van der Waals surface area contributed by atoms with Crippen LogP contribution < -0.4 is 20.7 Å². The highest BCUT2D eigenvalue weighted by Gasteiger charge is 2.14. The zero-order valence-electron chi connectivity index (χ0n) is 16.6. The van der Waals surface area contributed by atoms with E-state index in [2.05, 4.69) is 16.0 Å². The predicted molar refractivity (Wildman–Crippen MR) is 115 cm³/mol. The summed E-state index contributed by atoms with van der Waals surface area (Å²) < 4.78 is 5.32. The third-order valence-corrected chi connectivity index (χ3v) is 4.65. The molecule has 150 valence electrons. The van der Waals surface area contributed by atoms with Crippen molar-refractivity contribution in [1.29, 1.82) is 0 Å². The molecule has 6 nitrogen and oxygen atoms in total. The normalized spacial score (nSPS) is 10.3. The van der Waals surface area contributed by atoms with Crippen LogP contribution in [0.5, 0.6) is 5.75 Å². The number of ether oxygens (including phenoxy) is 1. The van der Waals surface area contributed by atoms with E-state index in [-0.39, 0.29) is 18.4 Å². The maximum atomic E-state index is 12.6. The van der Waals surface area contributed by atoms with Gasteiger partial charge in [-0.2, -0.15) is 0 Å². The number of methoxy groups -OCH3 is 1. The third kappa shape index (κ3) is 5.39. The smallest absolute Gasteiger partial charge is 0.243 e. The number of rotatable bonds is 8. The molecule has 0 aliphatic carbocycles. The molecule has 2 aromatic rings. The summed E-state index contributed by atoms with van der Waals surface area (Å²) in [7, 11) is 1.55. The molecule has 7 heteroatoms. The van der Waals surface area contributed by atoms with Crippen molar-refractivity contribution in [1.82, 2.24) is 0 Å². The Morgan fingerprint density at radius 1 is 1.07 bits per heavy atom. The first-order chi connectivity index (χ1) is 13.4. The quantitative estimate of drug-likeness (QED) is 0.607. The third-order valence-electron chi connectivity index (χ3n) is 4.30. The van der Waals surface area contributed by atoms with Crippen LogP contribution in [0.15, 0.2) is 30.3 Å². The van der Waals surface area contributed by atoms with E-state index in [0.29, 0.717) is 22.1 Å². The molecule has 0 bridgehead atoms. The Morgan fingerprint density at radius 2 is 1.82 bits per heavy atom. The highest BCUT2D eigenvalue weighted by atomic mass is 35.5. The van der Waals surface area contributed by atoms with Gasteiger partial charge in [-0.25, -0.2) is 0 Å². The van der Waals surface area contributed by atoms with Gasteiger partial charge in [0, 0.05) is 23.3 Å². The van der Waals surface area contributed by atoms with Crippen LogP contribution >= 0.6 is 11.6 Å². The molecule has 0 atom stereocenters. The van der Waals surface area contributed by atoms with Crippen molar-refractivity contribution >= 4 is 40.5 Å². The summed E-state index contributed by atoms with van der Waals surface area (Å²) in [5.41, 5.74) is 3.98. The number of nitrogens with one attached hydrogen (secondary N) is 3. The topological polar surface area (TPSA) is 79.5 Å². The summed E-state index contributed by atoms with van der Waals surface area (Å²) in [6.45, 7) is 5.52. The van der Waals surface area contributed by atoms with Crippen molar-refractivity contribution in [2.75, 3.05) is 29.6 Å². The summed E-state index contributed by atoms with van der Waals surface area (Å²) in [6, 6.07) is 8.99. The van der Waals surface area contributed by atoms with Gasteiger partial charge in [0.25, 0.3) is 0 Å². The lowest BCUT2D eigenvalue weighted by Gasteiger charge is -2.17. The summed E-state index contributed by atoms with van der Waals surface area (Å²) >= 11 is 6.30. The van der Waals surface area contributed by atoms with Crippen LogP contribution in [0.3, 0.4) is 0 Å². The van der Waals surface area contributed by atoms with Gasteiger partial charge in [-0.3, -0.25) is 9.59 Å². The lowest BCUT2D eigenvalue weighted by Crippen LogP contribution is -2.23. The largest absolute Gasteiger partial charge is 0.495 e. The molecule has 2 rings (SSSR count). The van der Waals surface area contributed by atoms with Gasteiger partial charge in [-0.15, -0.1) is 0 Å². The number of aryl methyl sites for hydroxylation is 1. The summed E-state index contributed by atoms with van der Waals surface area (Å²) in [6.07, 6.45) is 1.52. The minimum atomic E-state index is -0.196. The summed E-state index contributed by atoms with van der Waals surface area (Å²) in [4.78, 5) is 23.8. The second kappa shape index (κ2) is 9.99. The number of amides is 2. The Hall–Kier alpha value is -2.73. The Bertz CT molecular complexity index is 868. The Balaban J connectivity index is 2.15. The maximum Gasteiger partial charge on any atom is 0.243 e. The van der Waals surface area contributed by atoms with Crippen molar-refractivity contribution in [2.45, 2.75) is 33.6 Å². The van der Waals surface area contributed by atoms with Gasteiger partial charge in [0.1, 0.15) is 5.75 Å². The lowest BCUT2D eigenvalue weighted by molar-refractivity contribution is -0.115. The van der Waals surface area contributed by atoms with Crippen LogP contribution in [0, 0.1) is 0 Å². The van der Waals surface area contributed by atoms with Gasteiger partial charge in [0.05, 0.1) is 19.3 Å². The first-order valence-electron chi connectivity index (χ1n) is 9.19. The SMILES string of the molecule is CCc1ccc(Cl)c(CC)c1NC(=O)CNc1cc(NC(C)=O)ccc1OC. The molecule has 0 radical (unpaired) electrons. The monoisotopic (exact) mass is 403 g/mol. The van der Waals surface area contributed by atoms with Gasteiger partial charge in [-0.05, 0) is 48.2 Å². The van der Waals surface area contributed by atoms with Crippen LogP contribution in [0.25, 0.3) is 0 Å². The van der Waals surface area contributed by atoms with Gasteiger partial charge >= 0.3 is 0 Å². The average Bonchev–Trinajstić information content (AvgIpc) is 2.66. The Morgan fingerprint density at radius 3 is 2.43 bits per heavy atom. The summed E-state index contributed by atoms with van der Waals surface area (Å²) in [5, 5.41) is 9.40. The first kappa shape index (κ1) is 21.6. The van der Waals surface area contributed by atoms with Crippen LogP contribution in [0.2, 0.25) is 5.02 Å².